The first kappa shape index (κ1) is 12.0. The van der Waals surface area contributed by atoms with Crippen molar-refractivity contribution in [1.82, 2.24) is 5.43 Å². The highest BCUT2D eigenvalue weighted by Crippen LogP contribution is 2.12. The van der Waals surface area contributed by atoms with Crippen LogP contribution in [0.3, 0.4) is 0 Å². The third-order valence-corrected chi connectivity index (χ3v) is 3.00. The Morgan fingerprint density at radius 2 is 2.13 bits per heavy atom. The van der Waals surface area contributed by atoms with E-state index in [1.54, 1.807) is 11.8 Å². The summed E-state index contributed by atoms with van der Waals surface area (Å²) in [5, 5.41) is 8.71. The fraction of sp³-hybridized carbons (Fsp3) is 0.300. The molecule has 0 heterocycles. The molecule has 4 nitrogen and oxygen atoms in total. The predicted octanol–water partition coefficient (Wildman–Crippen LogP) is 0.836. The average molecular weight is 226 g/mol. The first-order valence-corrected chi connectivity index (χ1v) is 5.70. The van der Waals surface area contributed by atoms with Gasteiger partial charge in [0.05, 0.1) is 0 Å². The number of hydrogen-bond donors (Lipinski definition) is 3. The largest absolute Gasteiger partial charge is 0.480 e. The molecule has 1 aromatic carbocycles. The lowest BCUT2D eigenvalue weighted by Crippen LogP contribution is -2.43. The fourth-order valence-corrected chi connectivity index (χ4v) is 2.08. The van der Waals surface area contributed by atoms with Gasteiger partial charge in [-0.15, -0.1) is 0 Å². The summed E-state index contributed by atoms with van der Waals surface area (Å²) in [5.74, 6) is 5.45. The third kappa shape index (κ3) is 4.33. The molecule has 1 aromatic rings. The second kappa shape index (κ2) is 6.44. The zero-order valence-corrected chi connectivity index (χ0v) is 9.04. The SMILES string of the molecule is NNC(CSCc1ccccc1)C(=O)O. The Morgan fingerprint density at radius 3 is 2.67 bits per heavy atom. The van der Waals surface area contributed by atoms with Crippen LogP contribution in [-0.4, -0.2) is 22.9 Å². The molecule has 0 radical (unpaired) electrons. The fourth-order valence-electron chi connectivity index (χ4n) is 1.06. The number of thioether (sulfide) groups is 1. The van der Waals surface area contributed by atoms with E-state index in [4.69, 9.17) is 10.9 Å². The number of rotatable bonds is 6. The Hall–Kier alpha value is -1.04. The maximum absolute atomic E-state index is 10.6. The Labute approximate surface area is 92.8 Å². The molecule has 1 rings (SSSR count). The molecule has 82 valence electrons. The molecule has 0 aliphatic heterocycles. The van der Waals surface area contributed by atoms with Crippen molar-refractivity contribution in [3.05, 3.63) is 35.9 Å². The second-order valence-corrected chi connectivity index (χ2v) is 4.09. The highest BCUT2D eigenvalue weighted by molar-refractivity contribution is 7.98. The van der Waals surface area contributed by atoms with Gasteiger partial charge in [0.15, 0.2) is 0 Å². The van der Waals surface area contributed by atoms with E-state index in [0.29, 0.717) is 5.75 Å². The lowest BCUT2D eigenvalue weighted by molar-refractivity contribution is -0.138. The zero-order chi connectivity index (χ0) is 11.1. The molecule has 0 aliphatic carbocycles. The van der Waals surface area contributed by atoms with Gasteiger partial charge >= 0.3 is 5.97 Å². The molecule has 0 fully saturated rings. The first-order chi connectivity index (χ1) is 7.24. The average Bonchev–Trinajstić information content (AvgIpc) is 2.25. The van der Waals surface area contributed by atoms with Crippen molar-refractivity contribution < 1.29 is 9.90 Å². The van der Waals surface area contributed by atoms with Crippen LogP contribution < -0.4 is 11.3 Å². The molecule has 0 saturated heterocycles. The predicted molar refractivity (Wildman–Crippen MR) is 61.4 cm³/mol. The Kier molecular flexibility index (Phi) is 5.17. The van der Waals surface area contributed by atoms with Crippen LogP contribution in [0.25, 0.3) is 0 Å². The van der Waals surface area contributed by atoms with Crippen LogP contribution in [0.5, 0.6) is 0 Å². The second-order valence-electron chi connectivity index (χ2n) is 3.06. The topological polar surface area (TPSA) is 75.3 Å². The van der Waals surface area contributed by atoms with Gasteiger partial charge in [0.1, 0.15) is 6.04 Å². The molecule has 5 heteroatoms. The molecule has 0 amide bonds. The van der Waals surface area contributed by atoms with Crippen LogP contribution in [0.4, 0.5) is 0 Å². The van der Waals surface area contributed by atoms with Crippen molar-refractivity contribution in [2.45, 2.75) is 11.8 Å². The Balaban J connectivity index is 2.30. The van der Waals surface area contributed by atoms with E-state index in [-0.39, 0.29) is 0 Å². The van der Waals surface area contributed by atoms with Crippen LogP contribution in [0.15, 0.2) is 30.3 Å². The third-order valence-electron chi connectivity index (χ3n) is 1.90. The zero-order valence-electron chi connectivity index (χ0n) is 8.22. The Morgan fingerprint density at radius 1 is 1.47 bits per heavy atom. The summed E-state index contributed by atoms with van der Waals surface area (Å²) in [5.41, 5.74) is 3.45. The maximum Gasteiger partial charge on any atom is 0.322 e. The molecule has 1 atom stereocenters. The highest BCUT2D eigenvalue weighted by Gasteiger charge is 2.14. The summed E-state index contributed by atoms with van der Waals surface area (Å²) in [6, 6.07) is 9.23. The van der Waals surface area contributed by atoms with Crippen molar-refractivity contribution >= 4 is 17.7 Å². The number of nitrogens with two attached hydrogens (primary N) is 1. The van der Waals surface area contributed by atoms with Crippen molar-refractivity contribution in [3.8, 4) is 0 Å². The summed E-state index contributed by atoms with van der Waals surface area (Å²) in [4.78, 5) is 10.6. The monoisotopic (exact) mass is 226 g/mol. The van der Waals surface area contributed by atoms with Gasteiger partial charge < -0.3 is 5.11 Å². The van der Waals surface area contributed by atoms with Gasteiger partial charge in [-0.2, -0.15) is 11.8 Å². The molecule has 0 bridgehead atoms. The molecule has 0 saturated carbocycles. The number of carboxylic acids is 1. The number of nitrogens with one attached hydrogen (secondary N) is 1. The standard InChI is InChI=1S/C10H14N2O2S/c11-12-9(10(13)14)7-15-6-8-4-2-1-3-5-8/h1-5,9,12H,6-7,11H2,(H,13,14). The van der Waals surface area contributed by atoms with Crippen LogP contribution >= 0.6 is 11.8 Å². The van der Waals surface area contributed by atoms with Crippen molar-refractivity contribution in [1.29, 1.82) is 0 Å². The van der Waals surface area contributed by atoms with E-state index >= 15 is 0 Å². The van der Waals surface area contributed by atoms with Crippen LogP contribution in [-0.2, 0) is 10.5 Å². The molecule has 4 N–H and O–H groups in total. The van der Waals surface area contributed by atoms with E-state index in [1.807, 2.05) is 30.3 Å². The lowest BCUT2D eigenvalue weighted by atomic mass is 10.2. The highest BCUT2D eigenvalue weighted by atomic mass is 32.2. The van der Waals surface area contributed by atoms with Crippen LogP contribution in [0.1, 0.15) is 5.56 Å². The van der Waals surface area contributed by atoms with Gasteiger partial charge in [-0.05, 0) is 5.56 Å². The summed E-state index contributed by atoms with van der Waals surface area (Å²) >= 11 is 1.54. The van der Waals surface area contributed by atoms with Crippen molar-refractivity contribution in [3.63, 3.8) is 0 Å². The van der Waals surface area contributed by atoms with Gasteiger partial charge in [0.2, 0.25) is 0 Å². The van der Waals surface area contributed by atoms with Crippen molar-refractivity contribution in [2.75, 3.05) is 5.75 Å². The lowest BCUT2D eigenvalue weighted by Gasteiger charge is -2.09. The number of carboxylic acid groups (broad SMARTS) is 1. The molecule has 0 aliphatic rings. The summed E-state index contributed by atoms with van der Waals surface area (Å²) < 4.78 is 0. The van der Waals surface area contributed by atoms with Gasteiger partial charge in [0.25, 0.3) is 0 Å². The molecule has 1 unspecified atom stereocenters. The van der Waals surface area contributed by atoms with E-state index in [1.165, 1.54) is 5.56 Å². The minimum absolute atomic E-state index is 0.459. The van der Waals surface area contributed by atoms with Crippen molar-refractivity contribution in [2.24, 2.45) is 5.84 Å². The number of benzene rings is 1. The molecular weight excluding hydrogens is 212 g/mol. The molecule has 0 aromatic heterocycles. The van der Waals surface area contributed by atoms with E-state index in [0.717, 1.165) is 5.75 Å². The van der Waals surface area contributed by atoms with Crippen LogP contribution in [0, 0.1) is 0 Å². The number of hydrazine groups is 1. The number of hydrogen-bond acceptors (Lipinski definition) is 4. The smallest absolute Gasteiger partial charge is 0.322 e. The van der Waals surface area contributed by atoms with Gasteiger partial charge in [-0.1, -0.05) is 30.3 Å². The molecular formula is C10H14N2O2S. The first-order valence-electron chi connectivity index (χ1n) is 4.54. The molecule has 0 spiro atoms. The van der Waals surface area contributed by atoms with Gasteiger partial charge in [0, 0.05) is 11.5 Å². The summed E-state index contributed by atoms with van der Waals surface area (Å²) in [7, 11) is 0. The summed E-state index contributed by atoms with van der Waals surface area (Å²) in [6.07, 6.45) is 0. The number of carbonyl (C=O) groups is 1. The van der Waals surface area contributed by atoms with E-state index < -0.39 is 12.0 Å². The maximum atomic E-state index is 10.6. The van der Waals surface area contributed by atoms with Gasteiger partial charge in [-0.25, -0.2) is 5.43 Å². The number of aliphatic carboxylic acids is 1. The van der Waals surface area contributed by atoms with Gasteiger partial charge in [-0.3, -0.25) is 10.6 Å². The van der Waals surface area contributed by atoms with E-state index in [9.17, 15) is 4.79 Å². The Bertz CT molecular complexity index is 306. The van der Waals surface area contributed by atoms with E-state index in [2.05, 4.69) is 5.43 Å². The normalized spacial score (nSPS) is 12.3. The summed E-state index contributed by atoms with van der Waals surface area (Å²) in [6.45, 7) is 0. The van der Waals surface area contributed by atoms with Crippen LogP contribution in [0.2, 0.25) is 0 Å². The minimum atomic E-state index is -0.918. The minimum Gasteiger partial charge on any atom is -0.480 e. The molecule has 15 heavy (non-hydrogen) atoms. The quantitative estimate of drug-likeness (QED) is 0.495.